The molecule has 0 heterocycles. The van der Waals surface area contributed by atoms with Crippen molar-refractivity contribution in [3.63, 3.8) is 0 Å². The van der Waals surface area contributed by atoms with E-state index in [0.717, 1.165) is 30.2 Å². The molecule has 0 fully saturated rings. The van der Waals surface area contributed by atoms with Crippen LogP contribution in [0.5, 0.6) is 11.5 Å². The number of ether oxygens (including phenoxy) is 3. The highest BCUT2D eigenvalue weighted by molar-refractivity contribution is 5.48. The number of nitrogens with one attached hydrogen (secondary N) is 1. The van der Waals surface area contributed by atoms with Crippen molar-refractivity contribution in [2.75, 3.05) is 31.7 Å². The lowest BCUT2D eigenvalue weighted by atomic mass is 10.2. The maximum atomic E-state index is 6.08. The van der Waals surface area contributed by atoms with E-state index in [1.165, 1.54) is 5.56 Å². The van der Waals surface area contributed by atoms with Crippen molar-refractivity contribution in [2.24, 2.45) is 0 Å². The van der Waals surface area contributed by atoms with E-state index in [4.69, 9.17) is 14.2 Å². The van der Waals surface area contributed by atoms with Gasteiger partial charge in [0.05, 0.1) is 13.2 Å². The Bertz CT molecular complexity index is 630. The van der Waals surface area contributed by atoms with Crippen LogP contribution < -0.4 is 14.8 Å². The number of hydrogen-bond acceptors (Lipinski definition) is 4. The Labute approximate surface area is 151 Å². The summed E-state index contributed by atoms with van der Waals surface area (Å²) in [5.41, 5.74) is 2.23. The van der Waals surface area contributed by atoms with Gasteiger partial charge in [-0.1, -0.05) is 25.1 Å². The average molecular weight is 343 g/mol. The lowest BCUT2D eigenvalue weighted by molar-refractivity contribution is 0.110. The third-order valence-electron chi connectivity index (χ3n) is 3.82. The lowest BCUT2D eigenvalue weighted by Crippen LogP contribution is -2.25. The highest BCUT2D eigenvalue weighted by Gasteiger charge is 2.08. The third kappa shape index (κ3) is 7.06. The third-order valence-corrected chi connectivity index (χ3v) is 3.82. The fraction of sp³-hybridized carbons (Fsp3) is 0.429. The van der Waals surface area contributed by atoms with Gasteiger partial charge in [-0.25, -0.2) is 0 Å². The molecular formula is C21H29NO3. The number of benzene rings is 2. The van der Waals surface area contributed by atoms with Crippen molar-refractivity contribution in [3.8, 4) is 11.5 Å². The number of rotatable bonds is 11. The second-order valence-corrected chi connectivity index (χ2v) is 5.92. The second-order valence-electron chi connectivity index (χ2n) is 5.92. The summed E-state index contributed by atoms with van der Waals surface area (Å²) in [4.78, 5) is 0. The molecule has 0 radical (unpaired) electrons. The van der Waals surface area contributed by atoms with Crippen molar-refractivity contribution in [1.29, 1.82) is 0 Å². The molecule has 2 aromatic carbocycles. The fourth-order valence-corrected chi connectivity index (χ4v) is 2.44. The van der Waals surface area contributed by atoms with E-state index in [0.29, 0.717) is 19.8 Å². The van der Waals surface area contributed by atoms with Gasteiger partial charge in [0.1, 0.15) is 24.2 Å². The monoisotopic (exact) mass is 343 g/mol. The maximum Gasteiger partial charge on any atom is 0.121 e. The molecule has 0 aliphatic carbocycles. The van der Waals surface area contributed by atoms with E-state index in [1.807, 2.05) is 43.3 Å². The molecule has 0 saturated carbocycles. The molecule has 0 aromatic heterocycles. The van der Waals surface area contributed by atoms with Crippen LogP contribution >= 0.6 is 0 Å². The van der Waals surface area contributed by atoms with Crippen LogP contribution in [0.3, 0.4) is 0 Å². The highest BCUT2D eigenvalue weighted by Crippen LogP contribution is 2.19. The molecule has 1 unspecified atom stereocenters. The first kappa shape index (κ1) is 19.1. The standard InChI is InChI=1S/C21H29NO3/c1-4-19(25-21-11-6-8-17(3)14-21)16-22-18-9-7-10-20(15-18)24-13-12-23-5-2/h6-11,14-15,19,22H,4-5,12-13,16H2,1-3H3. The summed E-state index contributed by atoms with van der Waals surface area (Å²) in [6.07, 6.45) is 1.05. The van der Waals surface area contributed by atoms with Crippen molar-refractivity contribution < 1.29 is 14.2 Å². The summed E-state index contributed by atoms with van der Waals surface area (Å²) in [5.74, 6) is 1.76. The van der Waals surface area contributed by atoms with Gasteiger partial charge in [0.25, 0.3) is 0 Å². The van der Waals surface area contributed by atoms with E-state index in [-0.39, 0.29) is 6.10 Å². The van der Waals surface area contributed by atoms with Crippen LogP contribution in [0.2, 0.25) is 0 Å². The average Bonchev–Trinajstić information content (AvgIpc) is 2.63. The Hall–Kier alpha value is -2.20. The van der Waals surface area contributed by atoms with E-state index in [1.54, 1.807) is 0 Å². The van der Waals surface area contributed by atoms with Gasteiger partial charge in [-0.2, -0.15) is 0 Å². The van der Waals surface area contributed by atoms with Gasteiger partial charge in [-0.3, -0.25) is 0 Å². The highest BCUT2D eigenvalue weighted by atomic mass is 16.5. The first-order chi connectivity index (χ1) is 12.2. The molecule has 1 N–H and O–H groups in total. The Morgan fingerprint density at radius 3 is 2.52 bits per heavy atom. The molecule has 0 aliphatic heterocycles. The minimum Gasteiger partial charge on any atom is -0.491 e. The number of aryl methyl sites for hydroxylation is 1. The molecule has 0 saturated heterocycles. The molecule has 0 bridgehead atoms. The van der Waals surface area contributed by atoms with Crippen LogP contribution in [0, 0.1) is 6.92 Å². The molecule has 1 atom stereocenters. The fourth-order valence-electron chi connectivity index (χ4n) is 2.44. The molecule has 2 rings (SSSR count). The number of hydrogen-bond donors (Lipinski definition) is 1. The quantitative estimate of drug-likeness (QED) is 0.601. The van der Waals surface area contributed by atoms with Gasteiger partial charge in [0.2, 0.25) is 0 Å². The summed E-state index contributed by atoms with van der Waals surface area (Å²) in [6, 6.07) is 16.1. The van der Waals surface area contributed by atoms with E-state index in [9.17, 15) is 0 Å². The van der Waals surface area contributed by atoms with E-state index < -0.39 is 0 Å². The topological polar surface area (TPSA) is 39.7 Å². The molecule has 136 valence electrons. The Kier molecular flexibility index (Phi) is 8.13. The van der Waals surface area contributed by atoms with Gasteiger partial charge in [-0.15, -0.1) is 0 Å². The molecule has 4 nitrogen and oxygen atoms in total. The van der Waals surface area contributed by atoms with Gasteiger partial charge >= 0.3 is 0 Å². The van der Waals surface area contributed by atoms with E-state index in [2.05, 4.69) is 31.3 Å². The Morgan fingerprint density at radius 2 is 1.76 bits per heavy atom. The molecule has 0 amide bonds. The Balaban J connectivity index is 1.84. The predicted molar refractivity (Wildman–Crippen MR) is 103 cm³/mol. The summed E-state index contributed by atoms with van der Waals surface area (Å²) in [6.45, 7) is 8.81. The van der Waals surface area contributed by atoms with Crippen molar-refractivity contribution in [1.82, 2.24) is 0 Å². The molecular weight excluding hydrogens is 314 g/mol. The van der Waals surface area contributed by atoms with E-state index >= 15 is 0 Å². The van der Waals surface area contributed by atoms with Crippen LogP contribution in [-0.2, 0) is 4.74 Å². The predicted octanol–water partition coefficient (Wildman–Crippen LogP) is 4.68. The summed E-state index contributed by atoms with van der Waals surface area (Å²) in [5, 5.41) is 3.44. The first-order valence-electron chi connectivity index (χ1n) is 8.99. The zero-order valence-corrected chi connectivity index (χ0v) is 15.5. The van der Waals surface area contributed by atoms with Crippen LogP contribution in [-0.4, -0.2) is 32.5 Å². The lowest BCUT2D eigenvalue weighted by Gasteiger charge is -2.19. The number of anilines is 1. The largest absolute Gasteiger partial charge is 0.491 e. The Morgan fingerprint density at radius 1 is 0.960 bits per heavy atom. The maximum absolute atomic E-state index is 6.08. The zero-order chi connectivity index (χ0) is 17.9. The van der Waals surface area contributed by atoms with Crippen molar-refractivity contribution in [2.45, 2.75) is 33.3 Å². The van der Waals surface area contributed by atoms with Gasteiger partial charge in [0.15, 0.2) is 0 Å². The van der Waals surface area contributed by atoms with Crippen LogP contribution in [0.4, 0.5) is 5.69 Å². The van der Waals surface area contributed by atoms with Crippen molar-refractivity contribution in [3.05, 3.63) is 54.1 Å². The summed E-state index contributed by atoms with van der Waals surface area (Å²) >= 11 is 0. The van der Waals surface area contributed by atoms with Gasteiger partial charge < -0.3 is 19.5 Å². The van der Waals surface area contributed by atoms with Crippen LogP contribution in [0.15, 0.2) is 48.5 Å². The summed E-state index contributed by atoms with van der Waals surface area (Å²) in [7, 11) is 0. The minimum atomic E-state index is 0.115. The first-order valence-corrected chi connectivity index (χ1v) is 8.99. The molecule has 25 heavy (non-hydrogen) atoms. The molecule has 4 heteroatoms. The van der Waals surface area contributed by atoms with Crippen molar-refractivity contribution >= 4 is 5.69 Å². The normalized spacial score (nSPS) is 11.8. The smallest absolute Gasteiger partial charge is 0.121 e. The molecule has 0 aliphatic rings. The molecule has 2 aromatic rings. The van der Waals surface area contributed by atoms with Crippen LogP contribution in [0.1, 0.15) is 25.8 Å². The van der Waals surface area contributed by atoms with Gasteiger partial charge in [-0.05, 0) is 50.1 Å². The molecule has 0 spiro atoms. The SMILES string of the molecule is CCOCCOc1cccc(NCC(CC)Oc2cccc(C)c2)c1. The van der Waals surface area contributed by atoms with Gasteiger partial charge in [0, 0.05) is 18.4 Å². The van der Waals surface area contributed by atoms with Crippen LogP contribution in [0.25, 0.3) is 0 Å². The minimum absolute atomic E-state index is 0.115. The summed E-state index contributed by atoms with van der Waals surface area (Å²) < 4.78 is 17.1. The second kappa shape index (κ2) is 10.6. The zero-order valence-electron chi connectivity index (χ0n) is 15.5.